The summed E-state index contributed by atoms with van der Waals surface area (Å²) in [6.45, 7) is 5.07. The maximum Gasteiger partial charge on any atom is 0.459 e. The van der Waals surface area contributed by atoms with Crippen molar-refractivity contribution < 1.29 is 38.1 Å². The third kappa shape index (κ3) is 6.43. The molecule has 4 aromatic rings. The monoisotopic (exact) mass is 652 g/mol. The largest absolute Gasteiger partial charge is 0.464 e. The van der Waals surface area contributed by atoms with Crippen LogP contribution in [-0.2, 0) is 29.0 Å². The molecule has 244 valence electrons. The number of nitrogens with two attached hydrogens (primary N) is 1. The number of nitrogens with one attached hydrogen (secondary N) is 1. The van der Waals surface area contributed by atoms with Crippen molar-refractivity contribution >= 4 is 35.8 Å². The van der Waals surface area contributed by atoms with Crippen LogP contribution in [-0.4, -0.2) is 68.3 Å². The maximum absolute atomic E-state index is 14.3. The number of hydrogen-bond donors (Lipinski definition) is 4. The Balaban J connectivity index is 1.40. The van der Waals surface area contributed by atoms with Crippen molar-refractivity contribution in [1.82, 2.24) is 19.7 Å². The number of rotatable bonds is 13. The SMILES string of the molecule is CCC(CC)COC(=O)[C@H](C)NP(=O)(OC[C@H]1O[C@@](C#N)(c2ccc3c(N)ncnn23)[C@H](O)[C@@H]1O)Oc1cccc2ccccc12. The molecule has 1 fully saturated rings. The molecule has 0 amide bonds. The van der Waals surface area contributed by atoms with Gasteiger partial charge in [0.1, 0.15) is 48.0 Å². The van der Waals surface area contributed by atoms with Crippen LogP contribution in [0.5, 0.6) is 5.75 Å². The fourth-order valence-corrected chi connectivity index (χ4v) is 6.88. The lowest BCUT2D eigenvalue weighted by atomic mass is 9.92. The van der Waals surface area contributed by atoms with Gasteiger partial charge in [-0.05, 0) is 36.4 Å². The van der Waals surface area contributed by atoms with Crippen LogP contribution < -0.4 is 15.3 Å². The quantitative estimate of drug-likeness (QED) is 0.121. The van der Waals surface area contributed by atoms with Crippen LogP contribution in [0.3, 0.4) is 0 Å². The van der Waals surface area contributed by atoms with E-state index in [9.17, 15) is 24.8 Å². The highest BCUT2D eigenvalue weighted by Crippen LogP contribution is 2.48. The lowest BCUT2D eigenvalue weighted by Crippen LogP contribution is -2.41. The van der Waals surface area contributed by atoms with Gasteiger partial charge < -0.3 is 29.9 Å². The second-order valence-corrected chi connectivity index (χ2v) is 12.8. The van der Waals surface area contributed by atoms with Crippen LogP contribution >= 0.6 is 7.75 Å². The number of esters is 1. The summed E-state index contributed by atoms with van der Waals surface area (Å²) in [4.78, 5) is 16.8. The van der Waals surface area contributed by atoms with E-state index < -0.39 is 50.3 Å². The van der Waals surface area contributed by atoms with E-state index in [1.165, 1.54) is 23.8 Å². The molecule has 2 aromatic heterocycles. The van der Waals surface area contributed by atoms with Gasteiger partial charge in [0.2, 0.25) is 5.60 Å². The first kappa shape index (κ1) is 33.3. The lowest BCUT2D eigenvalue weighted by Gasteiger charge is -2.26. The Morgan fingerprint density at radius 3 is 2.67 bits per heavy atom. The number of nitrogens with zero attached hydrogens (tertiary/aromatic N) is 4. The Kier molecular flexibility index (Phi) is 9.93. The van der Waals surface area contributed by atoms with E-state index in [0.29, 0.717) is 10.9 Å². The molecule has 0 bridgehead atoms. The molecule has 1 aliphatic rings. The summed E-state index contributed by atoms with van der Waals surface area (Å²) >= 11 is 0. The number of ether oxygens (including phenoxy) is 2. The highest BCUT2D eigenvalue weighted by Gasteiger charge is 2.58. The summed E-state index contributed by atoms with van der Waals surface area (Å²) < 4.78 is 38.8. The number of aliphatic hydroxyl groups is 2. The number of benzene rings is 2. The lowest BCUT2D eigenvalue weighted by molar-refractivity contribution is -0.146. The van der Waals surface area contributed by atoms with Crippen molar-refractivity contribution in [2.75, 3.05) is 18.9 Å². The number of aromatic nitrogens is 3. The van der Waals surface area contributed by atoms with Crippen molar-refractivity contribution in [2.24, 2.45) is 5.92 Å². The molecule has 5 N–H and O–H groups in total. The van der Waals surface area contributed by atoms with Gasteiger partial charge in [-0.2, -0.15) is 15.4 Å². The van der Waals surface area contributed by atoms with Crippen LogP contribution in [0.2, 0.25) is 0 Å². The Bertz CT molecular complexity index is 1790. The minimum Gasteiger partial charge on any atom is -0.464 e. The standard InChI is InChI=1S/C31H37N6O8P/c1-4-20(5-2)15-42-30(40)19(3)36-46(41,45-24-12-8-10-21-9-6-7-11-22(21)24)43-16-25-27(38)28(39)31(17-32,44-25)26-14-13-23-29(33)34-18-35-37(23)26/h6-14,18-20,25,27-28,38-39H,4-5,15-16H2,1-3H3,(H,36,41)(H2,33,34,35)/t19-,25+,27+,28+,31-,46?/m0/s1. The molecule has 0 radical (unpaired) electrons. The normalized spacial score (nSPS) is 23.3. The summed E-state index contributed by atoms with van der Waals surface area (Å²) in [6.07, 6.45) is -1.93. The van der Waals surface area contributed by atoms with E-state index in [0.717, 1.165) is 18.2 Å². The van der Waals surface area contributed by atoms with E-state index in [2.05, 4.69) is 15.2 Å². The summed E-state index contributed by atoms with van der Waals surface area (Å²) in [5.74, 6) is -0.135. The summed E-state index contributed by atoms with van der Waals surface area (Å²) in [6, 6.07) is 16.3. The fraction of sp³-hybridized carbons (Fsp3) is 0.419. The molecule has 5 rings (SSSR count). The number of carbonyl (C=O) groups excluding carboxylic acids is 1. The summed E-state index contributed by atoms with van der Waals surface area (Å²) in [7, 11) is -4.42. The van der Waals surface area contributed by atoms with Gasteiger partial charge in [0.25, 0.3) is 0 Å². The van der Waals surface area contributed by atoms with Crippen LogP contribution in [0.25, 0.3) is 16.3 Å². The average molecular weight is 653 g/mol. The zero-order valence-corrected chi connectivity index (χ0v) is 26.5. The van der Waals surface area contributed by atoms with Gasteiger partial charge in [0.15, 0.2) is 5.82 Å². The molecule has 2 aromatic carbocycles. The van der Waals surface area contributed by atoms with Crippen molar-refractivity contribution in [3.05, 3.63) is 66.6 Å². The minimum atomic E-state index is -4.42. The van der Waals surface area contributed by atoms with Gasteiger partial charge in [-0.1, -0.05) is 63.1 Å². The Morgan fingerprint density at radius 1 is 1.20 bits per heavy atom. The number of hydrogen-bond acceptors (Lipinski definition) is 12. The third-order valence-electron chi connectivity index (χ3n) is 8.18. The Hall–Kier alpha value is -4.09. The highest BCUT2D eigenvalue weighted by molar-refractivity contribution is 7.52. The Labute approximate surface area is 265 Å². The molecular weight excluding hydrogens is 615 g/mol. The molecule has 1 aliphatic heterocycles. The molecule has 1 saturated heterocycles. The van der Waals surface area contributed by atoms with Crippen LogP contribution in [0.1, 0.15) is 39.3 Å². The molecule has 46 heavy (non-hydrogen) atoms. The van der Waals surface area contributed by atoms with Crippen molar-refractivity contribution in [3.63, 3.8) is 0 Å². The van der Waals surface area contributed by atoms with E-state index in [4.69, 9.17) is 24.3 Å². The van der Waals surface area contributed by atoms with Gasteiger partial charge >= 0.3 is 13.7 Å². The van der Waals surface area contributed by atoms with Gasteiger partial charge in [-0.3, -0.25) is 9.32 Å². The van der Waals surface area contributed by atoms with Crippen molar-refractivity contribution in [3.8, 4) is 11.8 Å². The average Bonchev–Trinajstić information content (AvgIpc) is 3.60. The molecule has 6 atom stereocenters. The van der Waals surface area contributed by atoms with Gasteiger partial charge in [-0.25, -0.2) is 14.1 Å². The molecule has 14 nitrogen and oxygen atoms in total. The van der Waals surface area contributed by atoms with Crippen LogP contribution in [0, 0.1) is 17.2 Å². The topological polar surface area (TPSA) is 204 Å². The predicted octanol–water partition coefficient (Wildman–Crippen LogP) is 3.47. The zero-order chi connectivity index (χ0) is 33.1. The molecule has 0 aliphatic carbocycles. The number of fused-ring (bicyclic) bond motifs is 2. The number of nitrogen functional groups attached to an aromatic ring is 1. The molecule has 0 saturated carbocycles. The van der Waals surface area contributed by atoms with Gasteiger partial charge in [-0.15, -0.1) is 0 Å². The van der Waals surface area contributed by atoms with Crippen molar-refractivity contribution in [1.29, 1.82) is 5.26 Å². The highest BCUT2D eigenvalue weighted by atomic mass is 31.2. The number of anilines is 1. The van der Waals surface area contributed by atoms with E-state index in [1.807, 2.05) is 38.1 Å². The first-order valence-electron chi connectivity index (χ1n) is 15.0. The molecular formula is C31H37N6O8P. The smallest absolute Gasteiger partial charge is 0.459 e. The molecule has 15 heteroatoms. The fourth-order valence-electron chi connectivity index (χ4n) is 5.36. The third-order valence-corrected chi connectivity index (χ3v) is 9.81. The molecule has 0 spiro atoms. The number of nitriles is 1. The van der Waals surface area contributed by atoms with Gasteiger partial charge in [0.05, 0.1) is 18.9 Å². The maximum atomic E-state index is 14.3. The second-order valence-electron chi connectivity index (χ2n) is 11.1. The number of aliphatic hydroxyl groups excluding tert-OH is 2. The first-order chi connectivity index (χ1) is 22.1. The van der Waals surface area contributed by atoms with Crippen LogP contribution in [0.4, 0.5) is 5.82 Å². The number of carbonyl (C=O) groups is 1. The first-order valence-corrected chi connectivity index (χ1v) is 16.5. The van der Waals surface area contributed by atoms with Crippen LogP contribution in [0.15, 0.2) is 60.9 Å². The molecule has 3 heterocycles. The zero-order valence-electron chi connectivity index (χ0n) is 25.6. The summed E-state index contributed by atoms with van der Waals surface area (Å²) in [5.41, 5.74) is 4.29. The van der Waals surface area contributed by atoms with E-state index >= 15 is 0 Å². The minimum absolute atomic E-state index is 0.0929. The second kappa shape index (κ2) is 13.7. The van der Waals surface area contributed by atoms with E-state index in [-0.39, 0.29) is 29.8 Å². The van der Waals surface area contributed by atoms with Gasteiger partial charge in [0, 0.05) is 5.39 Å². The predicted molar refractivity (Wildman–Crippen MR) is 167 cm³/mol. The summed E-state index contributed by atoms with van der Waals surface area (Å²) in [5, 5.41) is 40.6. The van der Waals surface area contributed by atoms with Crippen molar-refractivity contribution in [2.45, 2.75) is 63.6 Å². The Morgan fingerprint density at radius 2 is 1.93 bits per heavy atom. The molecule has 1 unspecified atom stereocenters. The van der Waals surface area contributed by atoms with E-state index in [1.54, 1.807) is 30.3 Å².